The lowest BCUT2D eigenvalue weighted by atomic mass is 9.76. The topological polar surface area (TPSA) is 18.5 Å². The molecule has 3 atom stereocenters. The highest BCUT2D eigenvalue weighted by Gasteiger charge is 2.33. The standard InChI is InChI=1S/C16H35N3/c1-7-17-15-9-8-14(13(2)3)12-16(15)19(6)11-10-18(4)5/h13-17H,7-12H2,1-6H3. The molecule has 0 radical (unpaired) electrons. The second-order valence-corrected chi connectivity index (χ2v) is 6.83. The van der Waals surface area contributed by atoms with Crippen molar-refractivity contribution in [2.45, 2.75) is 52.1 Å². The second kappa shape index (κ2) is 8.23. The zero-order valence-electron chi connectivity index (χ0n) is 13.9. The minimum absolute atomic E-state index is 0.687. The van der Waals surface area contributed by atoms with E-state index in [2.05, 4.69) is 57.0 Å². The Labute approximate surface area is 120 Å². The molecule has 1 aliphatic carbocycles. The van der Waals surface area contributed by atoms with E-state index >= 15 is 0 Å². The van der Waals surface area contributed by atoms with Crippen molar-refractivity contribution in [2.24, 2.45) is 11.8 Å². The van der Waals surface area contributed by atoms with Gasteiger partial charge in [0.25, 0.3) is 0 Å². The van der Waals surface area contributed by atoms with Crippen LogP contribution in [-0.4, -0.2) is 62.7 Å². The molecule has 0 aromatic carbocycles. The lowest BCUT2D eigenvalue weighted by Gasteiger charge is -2.43. The van der Waals surface area contributed by atoms with Crippen LogP contribution in [0.4, 0.5) is 0 Å². The summed E-state index contributed by atoms with van der Waals surface area (Å²) in [7, 11) is 6.63. The normalized spacial score (nSPS) is 28.6. The van der Waals surface area contributed by atoms with Crippen molar-refractivity contribution in [3.8, 4) is 0 Å². The van der Waals surface area contributed by atoms with E-state index in [0.717, 1.165) is 24.9 Å². The Kier molecular flexibility index (Phi) is 7.33. The van der Waals surface area contributed by atoms with Crippen molar-refractivity contribution in [3.05, 3.63) is 0 Å². The lowest BCUT2D eigenvalue weighted by molar-refractivity contribution is 0.0979. The summed E-state index contributed by atoms with van der Waals surface area (Å²) in [5.74, 6) is 1.73. The van der Waals surface area contributed by atoms with Crippen molar-refractivity contribution in [2.75, 3.05) is 40.8 Å². The van der Waals surface area contributed by atoms with E-state index in [0.29, 0.717) is 12.1 Å². The van der Waals surface area contributed by atoms with Gasteiger partial charge in [0.1, 0.15) is 0 Å². The smallest absolute Gasteiger partial charge is 0.0249 e. The molecule has 0 spiro atoms. The van der Waals surface area contributed by atoms with Crippen molar-refractivity contribution in [3.63, 3.8) is 0 Å². The zero-order valence-corrected chi connectivity index (χ0v) is 13.9. The summed E-state index contributed by atoms with van der Waals surface area (Å²) in [4.78, 5) is 4.86. The van der Waals surface area contributed by atoms with Crippen LogP contribution in [0.3, 0.4) is 0 Å². The third-order valence-electron chi connectivity index (χ3n) is 4.73. The fourth-order valence-electron chi connectivity index (χ4n) is 3.29. The van der Waals surface area contributed by atoms with Crippen molar-refractivity contribution in [1.29, 1.82) is 0 Å². The Morgan fingerprint density at radius 3 is 2.32 bits per heavy atom. The molecular formula is C16H35N3. The molecule has 0 amide bonds. The first-order chi connectivity index (χ1) is 8.95. The SMILES string of the molecule is CCNC1CCC(C(C)C)CC1N(C)CCN(C)C. The van der Waals surface area contributed by atoms with Gasteiger partial charge in [-0.2, -0.15) is 0 Å². The molecule has 0 bridgehead atoms. The average Bonchev–Trinajstić information content (AvgIpc) is 2.36. The first kappa shape index (κ1) is 16.9. The van der Waals surface area contributed by atoms with E-state index in [9.17, 15) is 0 Å². The van der Waals surface area contributed by atoms with E-state index in [1.54, 1.807) is 0 Å². The molecule has 3 nitrogen and oxygen atoms in total. The van der Waals surface area contributed by atoms with Crippen molar-refractivity contribution < 1.29 is 0 Å². The molecule has 0 aromatic heterocycles. The maximum Gasteiger partial charge on any atom is 0.0249 e. The van der Waals surface area contributed by atoms with Gasteiger partial charge in [-0.15, -0.1) is 0 Å². The summed E-state index contributed by atoms with van der Waals surface area (Å²) < 4.78 is 0. The Morgan fingerprint density at radius 2 is 1.79 bits per heavy atom. The molecule has 0 saturated heterocycles. The molecule has 1 fully saturated rings. The van der Waals surface area contributed by atoms with Crippen LogP contribution in [0.5, 0.6) is 0 Å². The summed E-state index contributed by atoms with van der Waals surface area (Å²) in [5, 5.41) is 3.71. The average molecular weight is 269 g/mol. The molecule has 114 valence electrons. The molecule has 0 aliphatic heterocycles. The summed E-state index contributed by atoms with van der Waals surface area (Å²) >= 11 is 0. The number of rotatable bonds is 7. The van der Waals surface area contributed by atoms with Gasteiger partial charge >= 0.3 is 0 Å². The van der Waals surface area contributed by atoms with Crippen LogP contribution < -0.4 is 5.32 Å². The maximum atomic E-state index is 3.71. The maximum absolute atomic E-state index is 3.71. The van der Waals surface area contributed by atoms with Gasteiger partial charge in [-0.3, -0.25) is 0 Å². The van der Waals surface area contributed by atoms with Crippen LogP contribution >= 0.6 is 0 Å². The van der Waals surface area contributed by atoms with Gasteiger partial charge in [-0.1, -0.05) is 20.8 Å². The van der Waals surface area contributed by atoms with Crippen molar-refractivity contribution >= 4 is 0 Å². The summed E-state index contributed by atoms with van der Waals surface area (Å²) in [5.41, 5.74) is 0. The van der Waals surface area contributed by atoms with E-state index in [4.69, 9.17) is 0 Å². The minimum Gasteiger partial charge on any atom is -0.313 e. The molecular weight excluding hydrogens is 234 g/mol. The first-order valence-corrected chi connectivity index (χ1v) is 8.04. The Morgan fingerprint density at radius 1 is 1.11 bits per heavy atom. The van der Waals surface area contributed by atoms with Crippen LogP contribution in [0.2, 0.25) is 0 Å². The van der Waals surface area contributed by atoms with E-state index in [1.165, 1.54) is 25.8 Å². The summed E-state index contributed by atoms with van der Waals surface area (Å²) in [6, 6.07) is 1.40. The zero-order chi connectivity index (χ0) is 14.4. The summed E-state index contributed by atoms with van der Waals surface area (Å²) in [6.45, 7) is 10.4. The third kappa shape index (κ3) is 5.41. The molecule has 0 aromatic rings. The Balaban J connectivity index is 2.59. The fourth-order valence-corrected chi connectivity index (χ4v) is 3.29. The summed E-state index contributed by atoms with van der Waals surface area (Å²) in [6.07, 6.45) is 4.10. The predicted molar refractivity (Wildman–Crippen MR) is 84.6 cm³/mol. The van der Waals surface area contributed by atoms with Crippen LogP contribution in [0.25, 0.3) is 0 Å². The van der Waals surface area contributed by atoms with Crippen LogP contribution in [0.1, 0.15) is 40.0 Å². The number of nitrogens with zero attached hydrogens (tertiary/aromatic N) is 2. The second-order valence-electron chi connectivity index (χ2n) is 6.83. The highest BCUT2D eigenvalue weighted by Crippen LogP contribution is 2.32. The molecule has 3 unspecified atom stereocenters. The minimum atomic E-state index is 0.687. The molecule has 3 heteroatoms. The molecule has 19 heavy (non-hydrogen) atoms. The molecule has 0 heterocycles. The number of hydrogen-bond donors (Lipinski definition) is 1. The largest absolute Gasteiger partial charge is 0.313 e. The Hall–Kier alpha value is -0.120. The van der Waals surface area contributed by atoms with Crippen LogP contribution in [-0.2, 0) is 0 Å². The van der Waals surface area contributed by atoms with Gasteiger partial charge in [0, 0.05) is 25.2 Å². The quantitative estimate of drug-likeness (QED) is 0.765. The van der Waals surface area contributed by atoms with Gasteiger partial charge < -0.3 is 15.1 Å². The van der Waals surface area contributed by atoms with Gasteiger partial charge in [0.05, 0.1) is 0 Å². The van der Waals surface area contributed by atoms with Crippen molar-refractivity contribution in [1.82, 2.24) is 15.1 Å². The number of hydrogen-bond acceptors (Lipinski definition) is 3. The lowest BCUT2D eigenvalue weighted by Crippen LogP contribution is -2.53. The first-order valence-electron chi connectivity index (χ1n) is 8.04. The third-order valence-corrected chi connectivity index (χ3v) is 4.73. The number of likely N-dealkylation sites (N-methyl/N-ethyl adjacent to an activating group) is 3. The van der Waals surface area contributed by atoms with E-state index < -0.39 is 0 Å². The monoisotopic (exact) mass is 269 g/mol. The van der Waals surface area contributed by atoms with E-state index in [1.807, 2.05) is 0 Å². The van der Waals surface area contributed by atoms with Gasteiger partial charge in [-0.05, 0) is 58.8 Å². The van der Waals surface area contributed by atoms with Gasteiger partial charge in [0.2, 0.25) is 0 Å². The molecule has 1 rings (SSSR count). The fraction of sp³-hybridized carbons (Fsp3) is 1.00. The van der Waals surface area contributed by atoms with Crippen LogP contribution in [0.15, 0.2) is 0 Å². The molecule has 1 saturated carbocycles. The molecule has 1 N–H and O–H groups in total. The molecule has 1 aliphatic rings. The van der Waals surface area contributed by atoms with Gasteiger partial charge in [-0.25, -0.2) is 0 Å². The predicted octanol–water partition coefficient (Wildman–Crippen LogP) is 2.28. The highest BCUT2D eigenvalue weighted by molar-refractivity contribution is 4.91. The van der Waals surface area contributed by atoms with Crippen LogP contribution in [0, 0.1) is 11.8 Å². The highest BCUT2D eigenvalue weighted by atomic mass is 15.2. The Bertz CT molecular complexity index is 240. The van der Waals surface area contributed by atoms with E-state index in [-0.39, 0.29) is 0 Å². The van der Waals surface area contributed by atoms with Gasteiger partial charge in [0.15, 0.2) is 0 Å². The number of nitrogens with one attached hydrogen (secondary N) is 1.